The van der Waals surface area contributed by atoms with Crippen LogP contribution in [0.3, 0.4) is 0 Å². The largest absolute Gasteiger partial charge is 0.378 e. The van der Waals surface area contributed by atoms with Gasteiger partial charge in [-0.05, 0) is 35.7 Å². The molecule has 0 fully saturated rings. The van der Waals surface area contributed by atoms with Gasteiger partial charge in [-0.1, -0.05) is 29.8 Å². The van der Waals surface area contributed by atoms with Crippen LogP contribution in [0.15, 0.2) is 47.6 Å². The summed E-state index contributed by atoms with van der Waals surface area (Å²) in [6.07, 6.45) is 2.66. The van der Waals surface area contributed by atoms with Crippen LogP contribution in [0.25, 0.3) is 0 Å². The molecule has 0 bridgehead atoms. The van der Waals surface area contributed by atoms with Gasteiger partial charge in [0, 0.05) is 46.1 Å². The van der Waals surface area contributed by atoms with Crippen LogP contribution >= 0.6 is 11.6 Å². The van der Waals surface area contributed by atoms with Crippen LogP contribution in [0.1, 0.15) is 11.1 Å². The zero-order valence-electron chi connectivity index (χ0n) is 14.4. The molecule has 0 aliphatic rings. The highest BCUT2D eigenvalue weighted by molar-refractivity contribution is 6.29. The van der Waals surface area contributed by atoms with E-state index in [-0.39, 0.29) is 0 Å². The number of halogens is 1. The van der Waals surface area contributed by atoms with Crippen LogP contribution < -0.4 is 15.5 Å². The first-order valence-electron chi connectivity index (χ1n) is 7.89. The number of guanidine groups is 1. The van der Waals surface area contributed by atoms with Crippen LogP contribution in [-0.2, 0) is 13.0 Å². The van der Waals surface area contributed by atoms with E-state index in [9.17, 15) is 0 Å². The van der Waals surface area contributed by atoms with Gasteiger partial charge < -0.3 is 15.5 Å². The van der Waals surface area contributed by atoms with Gasteiger partial charge >= 0.3 is 0 Å². The standard InChI is InChI=1S/C18H24ClN5/c1-20-18(21-11-10-15-6-9-17(19)22-12-15)23-13-14-4-7-16(8-5-14)24(2)3/h4-9,12H,10-11,13H2,1-3H3,(H2,20,21,23). The van der Waals surface area contributed by atoms with E-state index in [1.807, 2.05) is 20.2 Å². The predicted octanol–water partition coefficient (Wildman–Crippen LogP) is 2.71. The van der Waals surface area contributed by atoms with Crippen LogP contribution in [0.2, 0.25) is 5.15 Å². The number of nitrogens with zero attached hydrogens (tertiary/aromatic N) is 3. The predicted molar refractivity (Wildman–Crippen MR) is 102 cm³/mol. The summed E-state index contributed by atoms with van der Waals surface area (Å²) >= 11 is 5.79. The maximum Gasteiger partial charge on any atom is 0.191 e. The van der Waals surface area contributed by atoms with Crippen molar-refractivity contribution in [2.75, 3.05) is 32.6 Å². The number of aromatic nitrogens is 1. The van der Waals surface area contributed by atoms with Gasteiger partial charge in [0.2, 0.25) is 0 Å². The van der Waals surface area contributed by atoms with Crippen molar-refractivity contribution in [3.63, 3.8) is 0 Å². The Hall–Kier alpha value is -2.27. The maximum atomic E-state index is 5.79. The number of nitrogens with one attached hydrogen (secondary N) is 2. The average molecular weight is 346 g/mol. The van der Waals surface area contributed by atoms with Gasteiger partial charge in [0.05, 0.1) is 0 Å². The molecule has 128 valence electrons. The molecule has 5 nitrogen and oxygen atoms in total. The summed E-state index contributed by atoms with van der Waals surface area (Å²) in [5.74, 6) is 0.786. The number of aliphatic imine (C=N–C) groups is 1. The second-order valence-electron chi connectivity index (χ2n) is 5.65. The van der Waals surface area contributed by atoms with E-state index >= 15 is 0 Å². The summed E-state index contributed by atoms with van der Waals surface area (Å²) < 4.78 is 0. The Morgan fingerprint density at radius 3 is 2.38 bits per heavy atom. The number of benzene rings is 1. The molecule has 0 aliphatic heterocycles. The summed E-state index contributed by atoms with van der Waals surface area (Å²) in [6, 6.07) is 12.3. The van der Waals surface area contributed by atoms with E-state index in [2.05, 4.69) is 49.8 Å². The fourth-order valence-electron chi connectivity index (χ4n) is 2.20. The molecule has 0 atom stereocenters. The minimum Gasteiger partial charge on any atom is -0.378 e. The monoisotopic (exact) mass is 345 g/mol. The quantitative estimate of drug-likeness (QED) is 0.480. The molecule has 0 saturated heterocycles. The van der Waals surface area contributed by atoms with Gasteiger partial charge in [-0.15, -0.1) is 0 Å². The van der Waals surface area contributed by atoms with E-state index in [1.165, 1.54) is 11.3 Å². The van der Waals surface area contributed by atoms with Gasteiger partial charge in [0.15, 0.2) is 5.96 Å². The summed E-state index contributed by atoms with van der Waals surface area (Å²) in [5.41, 5.74) is 3.55. The molecule has 0 saturated carbocycles. The summed E-state index contributed by atoms with van der Waals surface area (Å²) in [5, 5.41) is 7.14. The molecule has 24 heavy (non-hydrogen) atoms. The zero-order chi connectivity index (χ0) is 17.4. The van der Waals surface area contributed by atoms with Gasteiger partial charge in [-0.2, -0.15) is 0 Å². The fraction of sp³-hybridized carbons (Fsp3) is 0.333. The highest BCUT2D eigenvalue weighted by atomic mass is 35.5. The molecule has 1 aromatic carbocycles. The lowest BCUT2D eigenvalue weighted by Crippen LogP contribution is -2.37. The molecular formula is C18H24ClN5. The van der Waals surface area contributed by atoms with Crippen molar-refractivity contribution in [3.8, 4) is 0 Å². The Morgan fingerprint density at radius 2 is 1.79 bits per heavy atom. The molecule has 6 heteroatoms. The van der Waals surface area contributed by atoms with Crippen molar-refractivity contribution >= 4 is 23.2 Å². The number of pyridine rings is 1. The highest BCUT2D eigenvalue weighted by Gasteiger charge is 2.00. The van der Waals surface area contributed by atoms with Crippen molar-refractivity contribution in [3.05, 3.63) is 58.9 Å². The van der Waals surface area contributed by atoms with Crippen molar-refractivity contribution in [1.29, 1.82) is 0 Å². The fourth-order valence-corrected chi connectivity index (χ4v) is 2.31. The molecule has 0 unspecified atom stereocenters. The van der Waals surface area contributed by atoms with E-state index in [0.717, 1.165) is 31.0 Å². The molecule has 0 radical (unpaired) electrons. The Bertz CT molecular complexity index is 650. The highest BCUT2D eigenvalue weighted by Crippen LogP contribution is 2.11. The third-order valence-electron chi connectivity index (χ3n) is 3.63. The lowest BCUT2D eigenvalue weighted by Gasteiger charge is -2.14. The minimum absolute atomic E-state index is 0.518. The van der Waals surface area contributed by atoms with Crippen LogP contribution in [0.5, 0.6) is 0 Å². The molecule has 1 heterocycles. The van der Waals surface area contributed by atoms with Crippen molar-refractivity contribution in [2.45, 2.75) is 13.0 Å². The molecule has 2 N–H and O–H groups in total. The van der Waals surface area contributed by atoms with Gasteiger partial charge in [0.25, 0.3) is 0 Å². The van der Waals surface area contributed by atoms with Crippen LogP contribution in [-0.4, -0.2) is 38.6 Å². The normalized spacial score (nSPS) is 11.2. The molecule has 2 aromatic rings. The molecule has 0 spiro atoms. The van der Waals surface area contributed by atoms with Gasteiger partial charge in [-0.3, -0.25) is 4.99 Å². The molecule has 1 aromatic heterocycles. The van der Waals surface area contributed by atoms with Crippen LogP contribution in [0.4, 0.5) is 5.69 Å². The number of rotatable bonds is 6. The van der Waals surface area contributed by atoms with Gasteiger partial charge in [-0.25, -0.2) is 4.98 Å². The average Bonchev–Trinajstić information content (AvgIpc) is 2.60. The smallest absolute Gasteiger partial charge is 0.191 e. The van der Waals surface area contributed by atoms with Crippen molar-refractivity contribution in [1.82, 2.24) is 15.6 Å². The maximum absolute atomic E-state index is 5.79. The number of anilines is 1. The van der Waals surface area contributed by atoms with Gasteiger partial charge in [0.1, 0.15) is 5.15 Å². The molecule has 0 aliphatic carbocycles. The minimum atomic E-state index is 0.518. The van der Waals surface area contributed by atoms with E-state index in [0.29, 0.717) is 5.15 Å². The molecular weight excluding hydrogens is 322 g/mol. The first-order chi connectivity index (χ1) is 11.6. The van der Waals surface area contributed by atoms with Crippen LogP contribution in [0, 0.1) is 0 Å². The third-order valence-corrected chi connectivity index (χ3v) is 3.85. The Kier molecular flexibility index (Phi) is 6.88. The Balaban J connectivity index is 1.76. The Labute approximate surface area is 148 Å². The van der Waals surface area contributed by atoms with E-state index in [1.54, 1.807) is 19.3 Å². The first-order valence-corrected chi connectivity index (χ1v) is 8.27. The number of hydrogen-bond donors (Lipinski definition) is 2. The Morgan fingerprint density at radius 1 is 1.08 bits per heavy atom. The zero-order valence-corrected chi connectivity index (χ0v) is 15.1. The van der Waals surface area contributed by atoms with Crippen molar-refractivity contribution < 1.29 is 0 Å². The summed E-state index contributed by atoms with van der Waals surface area (Å²) in [7, 11) is 5.85. The lowest BCUT2D eigenvalue weighted by molar-refractivity contribution is 0.793. The van der Waals surface area contributed by atoms with E-state index < -0.39 is 0 Å². The van der Waals surface area contributed by atoms with E-state index in [4.69, 9.17) is 11.6 Å². The summed E-state index contributed by atoms with van der Waals surface area (Å²) in [4.78, 5) is 10.4. The summed E-state index contributed by atoms with van der Waals surface area (Å²) in [6.45, 7) is 1.51. The molecule has 2 rings (SSSR count). The third kappa shape index (κ3) is 5.74. The second kappa shape index (κ2) is 9.13. The first kappa shape index (κ1) is 18.1. The second-order valence-corrected chi connectivity index (χ2v) is 6.04. The topological polar surface area (TPSA) is 52.6 Å². The molecule has 0 amide bonds. The van der Waals surface area contributed by atoms with Crippen molar-refractivity contribution in [2.24, 2.45) is 4.99 Å². The number of hydrogen-bond acceptors (Lipinski definition) is 3. The SMILES string of the molecule is CN=C(NCCc1ccc(Cl)nc1)NCc1ccc(N(C)C)cc1. The lowest BCUT2D eigenvalue weighted by atomic mass is 10.2.